The molecule has 0 radical (unpaired) electrons. The Kier molecular flexibility index (Phi) is 9.46. The molecule has 3 heteroatoms. The van der Waals surface area contributed by atoms with Gasteiger partial charge in [-0.25, -0.2) is 0 Å². The van der Waals surface area contributed by atoms with Gasteiger partial charge in [-0.3, -0.25) is 0 Å². The first kappa shape index (κ1) is 40.8. The van der Waals surface area contributed by atoms with Crippen molar-refractivity contribution in [1.29, 1.82) is 0 Å². The first-order chi connectivity index (χ1) is 31.2. The number of nitrogens with zero attached hydrogens (tertiary/aromatic N) is 2. The van der Waals surface area contributed by atoms with E-state index < -0.39 is 8.07 Å². The van der Waals surface area contributed by atoms with Crippen molar-refractivity contribution in [3.63, 3.8) is 0 Å². The molecule has 1 aliphatic rings. The van der Waals surface area contributed by atoms with E-state index in [9.17, 15) is 0 Å². The van der Waals surface area contributed by atoms with Gasteiger partial charge >= 0.3 is 0 Å². The van der Waals surface area contributed by atoms with Gasteiger partial charge in [0.05, 0.1) is 0 Å². The Morgan fingerprint density at radius 3 is 1.29 bits per heavy atom. The van der Waals surface area contributed by atoms with E-state index in [1.165, 1.54) is 81.4 Å². The molecule has 1 heterocycles. The van der Waals surface area contributed by atoms with E-state index in [0.29, 0.717) is 0 Å². The Morgan fingerprint density at radius 2 is 0.769 bits per heavy atom. The number of anilines is 6. The summed E-state index contributed by atoms with van der Waals surface area (Å²) < 4.78 is 0. The Hall–Kier alpha value is -6.94. The van der Waals surface area contributed by atoms with E-state index in [0.717, 1.165) is 28.4 Å². The van der Waals surface area contributed by atoms with Crippen LogP contribution in [0.25, 0.3) is 54.2 Å². The molecule has 0 aromatic heterocycles. The molecule has 11 rings (SSSR count). The van der Waals surface area contributed by atoms with Crippen molar-refractivity contribution in [1.82, 2.24) is 0 Å². The quantitative estimate of drug-likeness (QED) is 0.121. The fourth-order valence-corrected chi connectivity index (χ4v) is 13.5. The Labute approximate surface area is 385 Å². The summed E-state index contributed by atoms with van der Waals surface area (Å²) in [6.07, 6.45) is 0. The largest absolute Gasteiger partial charge is 0.310 e. The van der Waals surface area contributed by atoms with Crippen molar-refractivity contribution >= 4 is 95.7 Å². The average Bonchev–Trinajstić information content (AvgIpc) is 3.30. The fourth-order valence-electron chi connectivity index (χ4n) is 10.4. The van der Waals surface area contributed by atoms with Gasteiger partial charge < -0.3 is 9.80 Å². The summed E-state index contributed by atoms with van der Waals surface area (Å²) in [6, 6.07) is 73.4. The highest BCUT2D eigenvalue weighted by molar-refractivity contribution is 7.03. The monoisotopic (exact) mass is 856 g/mol. The SMILES string of the molecule is CC(C)(C)c1ccc(N(c2ccc3c(c2)[Si](C)(C)c2cccc4c2c-3cc2ccc(N(c3ccc(C(C)(C)C)cc3)c3ccc5ccccc5c3)cc24)c2ccc3ccccc3c2)cc1. The van der Waals surface area contributed by atoms with E-state index in [-0.39, 0.29) is 10.8 Å². The maximum absolute atomic E-state index is 2.55. The van der Waals surface area contributed by atoms with Gasteiger partial charge in [-0.15, -0.1) is 0 Å². The van der Waals surface area contributed by atoms with Crippen LogP contribution in [0.5, 0.6) is 0 Å². The molecule has 0 aliphatic carbocycles. The minimum Gasteiger partial charge on any atom is -0.310 e. The molecule has 0 N–H and O–H groups in total. The summed E-state index contributed by atoms with van der Waals surface area (Å²) in [5.74, 6) is 0. The summed E-state index contributed by atoms with van der Waals surface area (Å²) in [6.45, 7) is 18.8. The first-order valence-corrected chi connectivity index (χ1v) is 26.2. The van der Waals surface area contributed by atoms with Gasteiger partial charge in [-0.1, -0.05) is 170 Å². The Balaban J connectivity index is 1.07. The third-order valence-electron chi connectivity index (χ3n) is 14.1. The molecular formula is C62H56N2Si. The second-order valence-corrected chi connectivity index (χ2v) is 25.1. The van der Waals surface area contributed by atoms with E-state index in [1.807, 2.05) is 0 Å². The van der Waals surface area contributed by atoms with Crippen LogP contribution >= 0.6 is 0 Å². The molecule has 0 fully saturated rings. The van der Waals surface area contributed by atoms with Crippen molar-refractivity contribution in [2.75, 3.05) is 9.80 Å². The molecule has 0 unspecified atom stereocenters. The molecule has 0 saturated carbocycles. The summed E-state index contributed by atoms with van der Waals surface area (Å²) in [5, 5.41) is 13.2. The van der Waals surface area contributed by atoms with Crippen LogP contribution in [-0.2, 0) is 10.8 Å². The third kappa shape index (κ3) is 7.01. The van der Waals surface area contributed by atoms with E-state index >= 15 is 0 Å². The molecule has 1 aliphatic heterocycles. The highest BCUT2D eigenvalue weighted by Crippen LogP contribution is 2.44. The molecule has 2 nitrogen and oxygen atoms in total. The highest BCUT2D eigenvalue weighted by atomic mass is 28.3. The summed E-state index contributed by atoms with van der Waals surface area (Å²) in [4.78, 5) is 4.89. The Morgan fingerprint density at radius 1 is 0.323 bits per heavy atom. The van der Waals surface area contributed by atoms with Crippen molar-refractivity contribution in [3.8, 4) is 11.1 Å². The molecule has 318 valence electrons. The third-order valence-corrected chi connectivity index (χ3v) is 17.6. The van der Waals surface area contributed by atoms with Crippen LogP contribution in [0.2, 0.25) is 13.1 Å². The minimum absolute atomic E-state index is 0.0703. The van der Waals surface area contributed by atoms with Gasteiger partial charge in [0.2, 0.25) is 0 Å². The zero-order chi connectivity index (χ0) is 44.8. The summed E-state index contributed by atoms with van der Waals surface area (Å²) >= 11 is 0. The van der Waals surface area contributed by atoms with Gasteiger partial charge in [0, 0.05) is 34.1 Å². The molecule has 0 spiro atoms. The lowest BCUT2D eigenvalue weighted by Crippen LogP contribution is -2.56. The topological polar surface area (TPSA) is 6.48 Å². The molecule has 10 aromatic carbocycles. The maximum atomic E-state index is 2.55. The van der Waals surface area contributed by atoms with Crippen LogP contribution in [0.1, 0.15) is 52.7 Å². The predicted octanol–water partition coefficient (Wildman–Crippen LogP) is 16.6. The number of hydrogen-bond donors (Lipinski definition) is 0. The standard InChI is InChI=1S/C62H56N2Si/c1-61(2,3)46-23-30-48(31-24-46)63(50-27-20-41-14-9-11-16-43(41)36-50)52-29-22-45-38-57-54-35-34-53(40-59(54)65(7,8)58-19-13-18-55(60(57)58)56(45)39-52)64(49-32-25-47(26-33-49)62(4,5)6)51-28-21-42-15-10-12-17-44(42)37-51/h9-40H,1-8H3. The maximum Gasteiger partial charge on any atom is 0.113 e. The molecule has 0 saturated heterocycles. The van der Waals surface area contributed by atoms with E-state index in [2.05, 4.69) is 259 Å². The number of benzene rings is 10. The average molecular weight is 857 g/mol. The number of hydrogen-bond acceptors (Lipinski definition) is 2. The zero-order valence-electron chi connectivity index (χ0n) is 38.9. The number of fused-ring (bicyclic) bond motifs is 6. The normalized spacial score (nSPS) is 13.4. The number of rotatable bonds is 6. The lowest BCUT2D eigenvalue weighted by molar-refractivity contribution is 0.590. The van der Waals surface area contributed by atoms with Crippen molar-refractivity contribution in [2.24, 2.45) is 0 Å². The van der Waals surface area contributed by atoms with E-state index in [4.69, 9.17) is 0 Å². The lowest BCUT2D eigenvalue weighted by atomic mass is 9.87. The smallest absolute Gasteiger partial charge is 0.113 e. The van der Waals surface area contributed by atoms with Crippen molar-refractivity contribution < 1.29 is 0 Å². The predicted molar refractivity (Wildman–Crippen MR) is 285 cm³/mol. The molecule has 0 bridgehead atoms. The van der Waals surface area contributed by atoms with Gasteiger partial charge in [0.15, 0.2) is 0 Å². The molecule has 65 heavy (non-hydrogen) atoms. The zero-order valence-corrected chi connectivity index (χ0v) is 39.9. The second kappa shape index (κ2) is 15.1. The fraction of sp³-hybridized carbons (Fsp3) is 0.161. The van der Waals surface area contributed by atoms with Crippen LogP contribution in [0.15, 0.2) is 194 Å². The minimum atomic E-state index is -2.23. The molecule has 0 amide bonds. The molecule has 10 aromatic rings. The van der Waals surface area contributed by atoms with Crippen molar-refractivity contribution in [3.05, 3.63) is 205 Å². The highest BCUT2D eigenvalue weighted by Gasteiger charge is 2.36. The van der Waals surface area contributed by atoms with Gasteiger partial charge in [0.25, 0.3) is 0 Å². The molecular weight excluding hydrogens is 801 g/mol. The summed E-state index contributed by atoms with van der Waals surface area (Å²) in [7, 11) is -2.23. The van der Waals surface area contributed by atoms with Crippen LogP contribution in [0, 0.1) is 0 Å². The van der Waals surface area contributed by atoms with Gasteiger partial charge in [-0.2, -0.15) is 0 Å². The van der Waals surface area contributed by atoms with Gasteiger partial charge in [0.1, 0.15) is 8.07 Å². The van der Waals surface area contributed by atoms with Gasteiger partial charge in [-0.05, 0) is 165 Å². The van der Waals surface area contributed by atoms with Crippen LogP contribution in [0.4, 0.5) is 34.1 Å². The summed E-state index contributed by atoms with van der Waals surface area (Å²) in [5.41, 5.74) is 12.5. The molecule has 0 atom stereocenters. The Bertz CT molecular complexity index is 3480. The first-order valence-electron chi connectivity index (χ1n) is 23.2. The second-order valence-electron chi connectivity index (χ2n) is 20.7. The van der Waals surface area contributed by atoms with Crippen molar-refractivity contribution in [2.45, 2.75) is 65.5 Å². The van der Waals surface area contributed by atoms with Crippen LogP contribution < -0.4 is 20.2 Å². The van der Waals surface area contributed by atoms with Crippen LogP contribution in [-0.4, -0.2) is 8.07 Å². The lowest BCUT2D eigenvalue weighted by Gasteiger charge is -2.36. The van der Waals surface area contributed by atoms with Crippen LogP contribution in [0.3, 0.4) is 0 Å². The van der Waals surface area contributed by atoms with E-state index in [1.54, 1.807) is 0 Å².